The fourth-order valence-electron chi connectivity index (χ4n) is 5.34. The molecule has 1 atom stereocenters. The Balaban J connectivity index is 1.72. The number of amides is 2. The van der Waals surface area contributed by atoms with Gasteiger partial charge in [-0.05, 0) is 82.3 Å². The van der Waals surface area contributed by atoms with Gasteiger partial charge in [-0.3, -0.25) is 13.9 Å². The Morgan fingerprint density at radius 3 is 2.22 bits per heavy atom. The molecule has 0 spiro atoms. The molecule has 1 aliphatic carbocycles. The fourth-order valence-corrected chi connectivity index (χ4v) is 6.81. The Morgan fingerprint density at radius 2 is 1.56 bits per heavy atom. The van der Waals surface area contributed by atoms with E-state index in [0.29, 0.717) is 5.69 Å². The van der Waals surface area contributed by atoms with Gasteiger partial charge in [0.2, 0.25) is 11.8 Å². The maximum atomic E-state index is 14.2. The molecule has 7 nitrogen and oxygen atoms in total. The zero-order chi connectivity index (χ0) is 29.7. The Morgan fingerprint density at radius 1 is 0.902 bits per heavy atom. The molecule has 0 unspecified atom stereocenters. The molecule has 218 valence electrons. The molecule has 1 fully saturated rings. The van der Waals surface area contributed by atoms with Crippen LogP contribution in [0.25, 0.3) is 0 Å². The minimum Gasteiger partial charge on any atom is -0.352 e. The molecule has 0 radical (unpaired) electrons. The number of nitrogens with zero attached hydrogens (tertiary/aromatic N) is 2. The molecule has 2 amide bonds. The van der Waals surface area contributed by atoms with Crippen LogP contribution in [-0.2, 0) is 26.2 Å². The van der Waals surface area contributed by atoms with Crippen LogP contribution < -0.4 is 9.62 Å². The zero-order valence-corrected chi connectivity index (χ0v) is 25.5. The second kappa shape index (κ2) is 12.9. The maximum Gasteiger partial charge on any atom is 0.264 e. The monoisotopic (exact) mass is 575 g/mol. The molecular formula is C33H41N3O4S. The molecule has 1 saturated carbocycles. The summed E-state index contributed by atoms with van der Waals surface area (Å²) in [6.07, 6.45) is 4.01. The largest absolute Gasteiger partial charge is 0.352 e. The smallest absolute Gasteiger partial charge is 0.264 e. The van der Waals surface area contributed by atoms with Crippen LogP contribution >= 0.6 is 0 Å². The number of nitrogens with one attached hydrogen (secondary N) is 1. The maximum absolute atomic E-state index is 14.2. The average molecular weight is 576 g/mol. The first-order valence-corrected chi connectivity index (χ1v) is 15.7. The highest BCUT2D eigenvalue weighted by Crippen LogP contribution is 2.29. The molecule has 0 bridgehead atoms. The van der Waals surface area contributed by atoms with E-state index >= 15 is 0 Å². The molecular weight excluding hydrogens is 534 g/mol. The molecule has 8 heteroatoms. The third-order valence-electron chi connectivity index (χ3n) is 8.04. The predicted molar refractivity (Wildman–Crippen MR) is 163 cm³/mol. The van der Waals surface area contributed by atoms with E-state index < -0.39 is 28.5 Å². The highest BCUT2D eigenvalue weighted by Gasteiger charge is 2.34. The van der Waals surface area contributed by atoms with Crippen LogP contribution in [0, 0.1) is 27.7 Å². The van der Waals surface area contributed by atoms with Crippen LogP contribution in [0.15, 0.2) is 71.6 Å². The second-order valence-electron chi connectivity index (χ2n) is 11.2. The highest BCUT2D eigenvalue weighted by molar-refractivity contribution is 7.92. The molecule has 1 aliphatic rings. The predicted octanol–water partition coefficient (Wildman–Crippen LogP) is 5.59. The van der Waals surface area contributed by atoms with Gasteiger partial charge in [0.1, 0.15) is 12.6 Å². The number of aryl methyl sites for hydroxylation is 3. The lowest BCUT2D eigenvalue weighted by molar-refractivity contribution is -0.139. The van der Waals surface area contributed by atoms with Crippen LogP contribution in [0.1, 0.15) is 60.4 Å². The van der Waals surface area contributed by atoms with E-state index in [2.05, 4.69) is 5.32 Å². The van der Waals surface area contributed by atoms with Crippen molar-refractivity contribution in [2.24, 2.45) is 0 Å². The average Bonchev–Trinajstić information content (AvgIpc) is 3.45. The molecule has 0 aliphatic heterocycles. The van der Waals surface area contributed by atoms with E-state index in [1.54, 1.807) is 43.3 Å². The molecule has 0 heterocycles. The molecule has 3 aromatic rings. The van der Waals surface area contributed by atoms with Crippen LogP contribution in [0.4, 0.5) is 5.69 Å². The Bertz CT molecular complexity index is 1500. The molecule has 1 N–H and O–H groups in total. The summed E-state index contributed by atoms with van der Waals surface area (Å²) in [6, 6.07) is 19.2. The minimum atomic E-state index is -4.10. The van der Waals surface area contributed by atoms with Crippen LogP contribution in [-0.4, -0.2) is 43.8 Å². The second-order valence-corrected chi connectivity index (χ2v) is 13.1. The van der Waals surface area contributed by atoms with Crippen molar-refractivity contribution in [2.45, 2.75) is 83.8 Å². The summed E-state index contributed by atoms with van der Waals surface area (Å²) in [5, 5.41) is 3.11. The Hall–Kier alpha value is -3.65. The van der Waals surface area contributed by atoms with Crippen LogP contribution in [0.3, 0.4) is 0 Å². The summed E-state index contributed by atoms with van der Waals surface area (Å²) >= 11 is 0. The summed E-state index contributed by atoms with van der Waals surface area (Å²) in [5.41, 5.74) is 4.98. The van der Waals surface area contributed by atoms with Crippen molar-refractivity contribution in [1.29, 1.82) is 0 Å². The van der Waals surface area contributed by atoms with Crippen molar-refractivity contribution in [3.8, 4) is 0 Å². The third kappa shape index (κ3) is 7.17. The third-order valence-corrected chi connectivity index (χ3v) is 9.81. The number of sulfonamides is 1. The van der Waals surface area contributed by atoms with Crippen molar-refractivity contribution in [2.75, 3.05) is 10.8 Å². The van der Waals surface area contributed by atoms with E-state index in [1.165, 1.54) is 9.21 Å². The SMILES string of the molecule is Cc1ccc(S(=O)(=O)N(CC(=O)N(Cc2cccc(C)c2)[C@H](C)C(=O)NC2CCCC2)c2cccc(C)c2C)cc1. The summed E-state index contributed by atoms with van der Waals surface area (Å²) < 4.78 is 29.3. The van der Waals surface area contributed by atoms with Gasteiger partial charge < -0.3 is 10.2 Å². The van der Waals surface area contributed by atoms with Crippen molar-refractivity contribution in [3.63, 3.8) is 0 Å². The van der Waals surface area contributed by atoms with Gasteiger partial charge in [-0.1, -0.05) is 72.5 Å². The van der Waals surface area contributed by atoms with Crippen LogP contribution in [0.2, 0.25) is 0 Å². The van der Waals surface area contributed by atoms with Gasteiger partial charge in [0.05, 0.1) is 10.6 Å². The number of rotatable bonds is 10. The lowest BCUT2D eigenvalue weighted by Crippen LogP contribution is -2.52. The number of carbonyl (C=O) groups excluding carboxylic acids is 2. The minimum absolute atomic E-state index is 0.106. The number of hydrogen-bond donors (Lipinski definition) is 1. The number of hydrogen-bond acceptors (Lipinski definition) is 4. The topological polar surface area (TPSA) is 86.8 Å². The van der Waals surface area contributed by atoms with E-state index in [1.807, 2.05) is 58.0 Å². The van der Waals surface area contributed by atoms with Crippen molar-refractivity contribution in [1.82, 2.24) is 10.2 Å². The number of anilines is 1. The fraction of sp³-hybridized carbons (Fsp3) is 0.394. The standard InChI is InChI=1S/C33H41N3O4S/c1-23-16-18-30(19-17-23)41(39,40)36(31-15-9-11-25(3)26(31)4)22-32(37)35(21-28-12-8-10-24(2)20-28)27(5)33(38)34-29-13-6-7-14-29/h8-12,15-20,27,29H,6-7,13-14,21-22H2,1-5H3,(H,34,38)/t27-/m1/s1. The summed E-state index contributed by atoms with van der Waals surface area (Å²) in [5.74, 6) is -0.672. The quantitative estimate of drug-likeness (QED) is 0.341. The van der Waals surface area contributed by atoms with Crippen molar-refractivity contribution in [3.05, 3.63) is 94.5 Å². The molecule has 0 aromatic heterocycles. The summed E-state index contributed by atoms with van der Waals surface area (Å²) in [6.45, 7) is 9.10. The van der Waals surface area contributed by atoms with E-state index in [0.717, 1.165) is 53.5 Å². The zero-order valence-electron chi connectivity index (χ0n) is 24.7. The first-order valence-electron chi connectivity index (χ1n) is 14.3. The van der Waals surface area contributed by atoms with Gasteiger partial charge in [0, 0.05) is 12.6 Å². The van der Waals surface area contributed by atoms with Gasteiger partial charge in [-0.2, -0.15) is 0 Å². The Kier molecular flexibility index (Phi) is 9.53. The van der Waals surface area contributed by atoms with Crippen molar-refractivity contribution < 1.29 is 18.0 Å². The number of carbonyl (C=O) groups is 2. The molecule has 3 aromatic carbocycles. The lowest BCUT2D eigenvalue weighted by atomic mass is 10.1. The van der Waals surface area contributed by atoms with Crippen molar-refractivity contribution >= 4 is 27.5 Å². The van der Waals surface area contributed by atoms with Gasteiger partial charge in [0.15, 0.2) is 0 Å². The van der Waals surface area contributed by atoms with Gasteiger partial charge in [0.25, 0.3) is 10.0 Å². The Labute approximate surface area is 244 Å². The summed E-state index contributed by atoms with van der Waals surface area (Å²) in [7, 11) is -4.10. The summed E-state index contributed by atoms with van der Waals surface area (Å²) in [4.78, 5) is 29.1. The first-order chi connectivity index (χ1) is 19.5. The van der Waals surface area contributed by atoms with Gasteiger partial charge in [-0.15, -0.1) is 0 Å². The van der Waals surface area contributed by atoms with E-state index in [4.69, 9.17) is 0 Å². The molecule has 41 heavy (non-hydrogen) atoms. The van der Waals surface area contributed by atoms with Crippen LogP contribution in [0.5, 0.6) is 0 Å². The lowest BCUT2D eigenvalue weighted by Gasteiger charge is -2.33. The van der Waals surface area contributed by atoms with E-state index in [-0.39, 0.29) is 23.4 Å². The first kappa shape index (κ1) is 30.3. The van der Waals surface area contributed by atoms with E-state index in [9.17, 15) is 18.0 Å². The number of benzene rings is 3. The highest BCUT2D eigenvalue weighted by atomic mass is 32.2. The van der Waals surface area contributed by atoms with Gasteiger partial charge >= 0.3 is 0 Å². The normalized spacial score (nSPS) is 14.5. The molecule has 0 saturated heterocycles. The molecule has 4 rings (SSSR count). The van der Waals surface area contributed by atoms with Gasteiger partial charge in [-0.25, -0.2) is 8.42 Å².